The van der Waals surface area contributed by atoms with E-state index in [1.807, 2.05) is 55.4 Å². The highest BCUT2D eigenvalue weighted by molar-refractivity contribution is 5.63. The van der Waals surface area contributed by atoms with Crippen molar-refractivity contribution in [3.05, 3.63) is 0 Å². The van der Waals surface area contributed by atoms with Gasteiger partial charge in [-0.2, -0.15) is 0 Å². The molecule has 1 aliphatic carbocycles. The van der Waals surface area contributed by atoms with Crippen molar-refractivity contribution in [1.82, 2.24) is 0 Å². The largest absolute Gasteiger partial charge is 0.508 e. The third-order valence-corrected chi connectivity index (χ3v) is 6.41. The first kappa shape index (κ1) is 37.1. The lowest BCUT2D eigenvalue weighted by Gasteiger charge is -2.38. The molecule has 0 spiro atoms. The van der Waals surface area contributed by atoms with Gasteiger partial charge in [-0.25, -0.2) is 19.2 Å². The molecule has 0 heterocycles. The minimum atomic E-state index is -1.08. The van der Waals surface area contributed by atoms with E-state index in [1.165, 1.54) is 0 Å². The zero-order valence-electron chi connectivity index (χ0n) is 26.6. The van der Waals surface area contributed by atoms with Crippen molar-refractivity contribution in [1.29, 1.82) is 0 Å². The van der Waals surface area contributed by atoms with E-state index in [0.29, 0.717) is 49.4 Å². The van der Waals surface area contributed by atoms with Crippen molar-refractivity contribution in [2.75, 3.05) is 26.4 Å². The van der Waals surface area contributed by atoms with Gasteiger partial charge in [0.1, 0.15) is 24.4 Å². The molecular formula is C30H52O12. The Morgan fingerprint density at radius 2 is 0.619 bits per heavy atom. The second-order valence-electron chi connectivity index (χ2n) is 12.2. The molecular weight excluding hydrogens is 552 g/mol. The second-order valence-corrected chi connectivity index (χ2v) is 12.2. The van der Waals surface area contributed by atoms with Crippen LogP contribution in [0, 0.1) is 23.7 Å². The fraction of sp³-hybridized carbons (Fsp3) is 0.867. The lowest BCUT2D eigenvalue weighted by molar-refractivity contribution is -0.143. The highest BCUT2D eigenvalue weighted by atomic mass is 16.8. The molecule has 1 saturated carbocycles. The zero-order chi connectivity index (χ0) is 31.7. The molecule has 4 unspecified atom stereocenters. The summed E-state index contributed by atoms with van der Waals surface area (Å²) >= 11 is 0. The highest BCUT2D eigenvalue weighted by Crippen LogP contribution is 2.30. The minimum Gasteiger partial charge on any atom is -0.434 e. The van der Waals surface area contributed by atoms with E-state index < -0.39 is 49.0 Å². The molecule has 12 heteroatoms. The van der Waals surface area contributed by atoms with Crippen LogP contribution in [-0.2, 0) is 37.9 Å². The van der Waals surface area contributed by atoms with Crippen molar-refractivity contribution < 1.29 is 57.1 Å². The van der Waals surface area contributed by atoms with Gasteiger partial charge in [0.2, 0.25) is 0 Å². The first-order chi connectivity index (χ1) is 19.8. The van der Waals surface area contributed by atoms with E-state index in [4.69, 9.17) is 37.9 Å². The van der Waals surface area contributed by atoms with Crippen LogP contribution < -0.4 is 0 Å². The number of hydrogen-bond acceptors (Lipinski definition) is 12. The Labute approximate surface area is 250 Å². The zero-order valence-corrected chi connectivity index (χ0v) is 26.6. The van der Waals surface area contributed by atoms with Gasteiger partial charge in [-0.05, 0) is 49.4 Å². The van der Waals surface area contributed by atoms with Crippen LogP contribution in [0.1, 0.15) is 93.9 Å². The van der Waals surface area contributed by atoms with Gasteiger partial charge in [-0.3, -0.25) is 0 Å². The molecule has 12 nitrogen and oxygen atoms in total. The molecule has 0 saturated heterocycles. The Bertz CT molecular complexity index is 680. The molecule has 42 heavy (non-hydrogen) atoms. The minimum absolute atomic E-state index is 0.141. The van der Waals surface area contributed by atoms with Crippen molar-refractivity contribution >= 4 is 24.6 Å². The molecule has 0 N–H and O–H groups in total. The number of rotatable bonds is 16. The summed E-state index contributed by atoms with van der Waals surface area (Å²) in [7, 11) is 0. The summed E-state index contributed by atoms with van der Waals surface area (Å²) in [6.07, 6.45) is -6.00. The van der Waals surface area contributed by atoms with Gasteiger partial charge in [0, 0.05) is 12.8 Å². The maximum Gasteiger partial charge on any atom is 0.508 e. The average Bonchev–Trinajstić information content (AvgIpc) is 2.85. The van der Waals surface area contributed by atoms with E-state index in [0.717, 1.165) is 0 Å². The van der Waals surface area contributed by atoms with Crippen LogP contribution in [0.15, 0.2) is 0 Å². The predicted octanol–water partition coefficient (Wildman–Crippen LogP) is 7.05. The Kier molecular flexibility index (Phi) is 17.7. The van der Waals surface area contributed by atoms with Crippen LogP contribution in [0.25, 0.3) is 0 Å². The Hall–Kier alpha value is -2.92. The Morgan fingerprint density at radius 3 is 0.786 bits per heavy atom. The van der Waals surface area contributed by atoms with Crippen LogP contribution in [0.2, 0.25) is 0 Å². The standard InChI is InChI=1S/C30H52O12/c1-19(2)9-13-35-27(31)39-23-17-25(41-29(33)37-15-11-21(5)6)26(42-30(34)38-16-12-22(7)8)18-24(23)40-28(32)36-14-10-20(3)4/h19-26H,9-18H2,1-8H3. The number of ether oxygens (including phenoxy) is 8. The molecule has 244 valence electrons. The smallest absolute Gasteiger partial charge is 0.434 e. The first-order valence-corrected chi connectivity index (χ1v) is 15.1. The number of carbonyl (C=O) groups is 4. The second kappa shape index (κ2) is 20.1. The van der Waals surface area contributed by atoms with Crippen molar-refractivity contribution in [2.45, 2.75) is 118 Å². The molecule has 1 aliphatic rings. The van der Waals surface area contributed by atoms with E-state index in [1.54, 1.807) is 0 Å². The lowest BCUT2D eigenvalue weighted by atomic mass is 9.89. The molecule has 0 aromatic carbocycles. The van der Waals surface area contributed by atoms with Crippen LogP contribution in [0.4, 0.5) is 19.2 Å². The normalized spacial score (nSPS) is 20.3. The fourth-order valence-electron chi connectivity index (χ4n) is 3.70. The van der Waals surface area contributed by atoms with Gasteiger partial charge in [-0.1, -0.05) is 55.4 Å². The highest BCUT2D eigenvalue weighted by Gasteiger charge is 2.46. The summed E-state index contributed by atoms with van der Waals surface area (Å²) in [4.78, 5) is 49.9. The molecule has 0 aromatic heterocycles. The average molecular weight is 605 g/mol. The summed E-state index contributed by atoms with van der Waals surface area (Å²) < 4.78 is 42.7. The van der Waals surface area contributed by atoms with Gasteiger partial charge >= 0.3 is 24.6 Å². The van der Waals surface area contributed by atoms with Crippen molar-refractivity contribution in [3.63, 3.8) is 0 Å². The summed E-state index contributed by atoms with van der Waals surface area (Å²) in [6.45, 7) is 16.5. The van der Waals surface area contributed by atoms with E-state index in [2.05, 4.69) is 0 Å². The molecule has 0 radical (unpaired) electrons. The molecule has 0 aliphatic heterocycles. The van der Waals surface area contributed by atoms with Crippen molar-refractivity contribution in [3.8, 4) is 0 Å². The van der Waals surface area contributed by atoms with Gasteiger partial charge < -0.3 is 37.9 Å². The quantitative estimate of drug-likeness (QED) is 0.131. The molecule has 0 amide bonds. The SMILES string of the molecule is CC(C)CCOC(=O)OC1CC(OC(=O)OCCC(C)C)C(OC(=O)OCCC(C)C)CC1OC(=O)OCCC(C)C. The van der Waals surface area contributed by atoms with Gasteiger partial charge in [0.05, 0.1) is 26.4 Å². The van der Waals surface area contributed by atoms with Crippen LogP contribution in [0.3, 0.4) is 0 Å². The first-order valence-electron chi connectivity index (χ1n) is 15.1. The van der Waals surface area contributed by atoms with Crippen LogP contribution >= 0.6 is 0 Å². The maximum atomic E-state index is 12.5. The third-order valence-electron chi connectivity index (χ3n) is 6.41. The van der Waals surface area contributed by atoms with Gasteiger partial charge in [-0.15, -0.1) is 0 Å². The van der Waals surface area contributed by atoms with E-state index in [-0.39, 0.29) is 39.3 Å². The lowest BCUT2D eigenvalue weighted by Crippen LogP contribution is -2.51. The predicted molar refractivity (Wildman–Crippen MR) is 152 cm³/mol. The molecule has 1 rings (SSSR count). The number of carbonyl (C=O) groups excluding carboxylic acids is 4. The third kappa shape index (κ3) is 17.1. The Balaban J connectivity index is 3.06. The maximum absolute atomic E-state index is 12.5. The summed E-state index contributed by atoms with van der Waals surface area (Å²) in [6, 6.07) is 0. The fourth-order valence-corrected chi connectivity index (χ4v) is 3.70. The van der Waals surface area contributed by atoms with Crippen molar-refractivity contribution in [2.24, 2.45) is 23.7 Å². The summed E-state index contributed by atoms with van der Waals surface area (Å²) in [5.74, 6) is 1.23. The molecule has 1 fully saturated rings. The summed E-state index contributed by atoms with van der Waals surface area (Å²) in [5.41, 5.74) is 0. The van der Waals surface area contributed by atoms with Gasteiger partial charge in [0.25, 0.3) is 0 Å². The monoisotopic (exact) mass is 604 g/mol. The topological polar surface area (TPSA) is 142 Å². The van der Waals surface area contributed by atoms with Crippen LogP contribution in [-0.4, -0.2) is 75.5 Å². The number of hydrogen-bond donors (Lipinski definition) is 0. The summed E-state index contributed by atoms with van der Waals surface area (Å²) in [5, 5.41) is 0. The van der Waals surface area contributed by atoms with E-state index >= 15 is 0 Å². The molecule has 0 bridgehead atoms. The van der Waals surface area contributed by atoms with Crippen LogP contribution in [0.5, 0.6) is 0 Å². The van der Waals surface area contributed by atoms with Gasteiger partial charge in [0.15, 0.2) is 0 Å². The molecule has 4 atom stereocenters. The van der Waals surface area contributed by atoms with E-state index in [9.17, 15) is 19.2 Å². The Morgan fingerprint density at radius 1 is 0.429 bits per heavy atom. The molecule has 0 aromatic rings.